The molecule has 2 aromatic rings. The van der Waals surface area contributed by atoms with Crippen LogP contribution in [0.4, 0.5) is 0 Å². The van der Waals surface area contributed by atoms with Crippen LogP contribution >= 0.6 is 14.7 Å². The van der Waals surface area contributed by atoms with E-state index >= 15 is 0 Å². The Morgan fingerprint density at radius 2 is 1.20 bits per heavy atom. The summed E-state index contributed by atoms with van der Waals surface area (Å²) in [5.41, 5.74) is 2.82. The lowest BCUT2D eigenvalue weighted by atomic mass is 10.3. The molecule has 3 rings (SSSR count). The molecular formula is C24H39N5O4P2. The first-order valence-corrected chi connectivity index (χ1v) is 16.4. The van der Waals surface area contributed by atoms with E-state index in [1.54, 1.807) is 25.5 Å². The van der Waals surface area contributed by atoms with E-state index in [-0.39, 0.29) is 0 Å². The molecule has 1 N–H and O–H groups in total. The third-order valence-corrected chi connectivity index (χ3v) is 9.55. The van der Waals surface area contributed by atoms with E-state index in [2.05, 4.69) is 25.1 Å². The molecule has 2 atom stereocenters. The van der Waals surface area contributed by atoms with E-state index in [9.17, 15) is 9.13 Å². The Morgan fingerprint density at radius 1 is 0.771 bits per heavy atom. The summed E-state index contributed by atoms with van der Waals surface area (Å²) in [5, 5.41) is 3.51. The van der Waals surface area contributed by atoms with Crippen molar-refractivity contribution < 1.29 is 18.2 Å². The van der Waals surface area contributed by atoms with E-state index in [1.165, 1.54) is 0 Å². The molecule has 35 heavy (non-hydrogen) atoms. The van der Waals surface area contributed by atoms with Crippen molar-refractivity contribution in [3.63, 3.8) is 0 Å². The summed E-state index contributed by atoms with van der Waals surface area (Å²) >= 11 is 0. The van der Waals surface area contributed by atoms with Crippen molar-refractivity contribution in [3.8, 4) is 0 Å². The van der Waals surface area contributed by atoms with Gasteiger partial charge in [-0.25, -0.2) is 9.97 Å². The van der Waals surface area contributed by atoms with Crippen molar-refractivity contribution >= 4 is 25.6 Å². The first-order valence-electron chi connectivity index (χ1n) is 12.3. The Morgan fingerprint density at radius 3 is 1.60 bits per heavy atom. The first kappa shape index (κ1) is 28.1. The quantitative estimate of drug-likeness (QED) is 0.471. The molecule has 0 bridgehead atoms. The first-order chi connectivity index (χ1) is 16.7. The Hall–Kier alpha value is -1.44. The zero-order chi connectivity index (χ0) is 25.3. The molecule has 2 unspecified atom stereocenters. The van der Waals surface area contributed by atoms with Crippen LogP contribution in [-0.2, 0) is 31.3 Å². The van der Waals surface area contributed by atoms with Gasteiger partial charge < -0.3 is 14.4 Å². The molecule has 11 heteroatoms. The molecule has 0 aromatic carbocycles. The lowest BCUT2D eigenvalue weighted by Crippen LogP contribution is -2.36. The summed E-state index contributed by atoms with van der Waals surface area (Å²) in [6.07, 6.45) is 0. The number of nitrogens with one attached hydrogen (secondary N) is 1. The van der Waals surface area contributed by atoms with E-state index in [4.69, 9.17) is 9.05 Å². The standard InChI is InChI=1S/C24H39N5O4P2/c1-5-32-34(3,30)23-11-7-9-21(26-23)19-28-15-13-25-14-16-29(18-17-28)20-22-10-8-12-24(27-22)35(4,31)33-6-2/h7-12,25H,5-6,13-20H2,1-4H3. The van der Waals surface area contributed by atoms with Gasteiger partial charge in [0.1, 0.15) is 10.9 Å². The van der Waals surface area contributed by atoms with Crippen LogP contribution in [0.3, 0.4) is 0 Å². The van der Waals surface area contributed by atoms with Crippen LogP contribution in [0.25, 0.3) is 0 Å². The highest BCUT2D eigenvalue weighted by atomic mass is 31.2. The van der Waals surface area contributed by atoms with Crippen LogP contribution in [0.15, 0.2) is 36.4 Å². The largest absolute Gasteiger partial charge is 0.325 e. The lowest BCUT2D eigenvalue weighted by Gasteiger charge is -2.26. The molecule has 9 nitrogen and oxygen atoms in total. The smallest absolute Gasteiger partial charge is 0.246 e. The Balaban J connectivity index is 1.66. The number of rotatable bonds is 10. The van der Waals surface area contributed by atoms with Crippen molar-refractivity contribution in [2.45, 2.75) is 26.9 Å². The second-order valence-corrected chi connectivity index (χ2v) is 13.6. The van der Waals surface area contributed by atoms with Crippen molar-refractivity contribution in [1.82, 2.24) is 25.1 Å². The van der Waals surface area contributed by atoms with E-state index in [1.807, 2.05) is 38.1 Å². The normalized spacial score (nSPS) is 19.8. The van der Waals surface area contributed by atoms with Crippen LogP contribution in [0.2, 0.25) is 0 Å². The second kappa shape index (κ2) is 13.2. The number of nitrogens with zero attached hydrogens (tertiary/aromatic N) is 4. The SMILES string of the molecule is CCOP(C)(=O)c1cccc(CN2CCNCCN(Cc3cccc(P(C)(=O)OCC)n3)CC2)n1. The minimum Gasteiger partial charge on any atom is -0.325 e. The van der Waals surface area contributed by atoms with Crippen molar-refractivity contribution in [3.05, 3.63) is 47.8 Å². The van der Waals surface area contributed by atoms with Gasteiger partial charge in [0.2, 0.25) is 14.7 Å². The molecule has 2 aromatic heterocycles. The van der Waals surface area contributed by atoms with Gasteiger partial charge in [-0.05, 0) is 38.1 Å². The van der Waals surface area contributed by atoms with Gasteiger partial charge in [0.25, 0.3) is 0 Å². The molecule has 0 radical (unpaired) electrons. The summed E-state index contributed by atoms with van der Waals surface area (Å²) in [5.74, 6) is 0. The fourth-order valence-electron chi connectivity index (χ4n) is 4.07. The van der Waals surface area contributed by atoms with Crippen LogP contribution < -0.4 is 16.2 Å². The molecule has 0 amide bonds. The van der Waals surface area contributed by atoms with Gasteiger partial charge in [-0.15, -0.1) is 0 Å². The molecule has 1 aliphatic heterocycles. The van der Waals surface area contributed by atoms with Crippen LogP contribution in [0.1, 0.15) is 25.2 Å². The maximum atomic E-state index is 12.8. The van der Waals surface area contributed by atoms with Gasteiger partial charge in [0, 0.05) is 65.7 Å². The zero-order valence-electron chi connectivity index (χ0n) is 21.4. The fourth-order valence-corrected chi connectivity index (χ4v) is 6.65. The summed E-state index contributed by atoms with van der Waals surface area (Å²) in [6.45, 7) is 14.4. The fraction of sp³-hybridized carbons (Fsp3) is 0.583. The van der Waals surface area contributed by atoms with Crippen LogP contribution in [0, 0.1) is 0 Å². The predicted molar refractivity (Wildman–Crippen MR) is 141 cm³/mol. The van der Waals surface area contributed by atoms with Crippen molar-refractivity contribution in [2.75, 3.05) is 65.8 Å². The summed E-state index contributed by atoms with van der Waals surface area (Å²) in [4.78, 5) is 14.0. The highest BCUT2D eigenvalue weighted by molar-refractivity contribution is 7.66. The zero-order valence-corrected chi connectivity index (χ0v) is 23.1. The summed E-state index contributed by atoms with van der Waals surface area (Å²) in [7, 11) is -5.81. The average molecular weight is 524 g/mol. The van der Waals surface area contributed by atoms with Crippen LogP contribution in [0.5, 0.6) is 0 Å². The number of hydrogen-bond acceptors (Lipinski definition) is 9. The number of pyridine rings is 2. The molecule has 1 saturated heterocycles. The van der Waals surface area contributed by atoms with Crippen molar-refractivity contribution in [1.29, 1.82) is 0 Å². The molecule has 0 spiro atoms. The van der Waals surface area contributed by atoms with Gasteiger partial charge in [0.15, 0.2) is 0 Å². The monoisotopic (exact) mass is 523 g/mol. The second-order valence-electron chi connectivity index (χ2n) is 8.80. The maximum absolute atomic E-state index is 12.8. The average Bonchev–Trinajstić information content (AvgIpc) is 2.92. The number of aromatic nitrogens is 2. The maximum Gasteiger partial charge on any atom is 0.246 e. The topological polar surface area (TPSA) is 96.9 Å². The van der Waals surface area contributed by atoms with Gasteiger partial charge in [0.05, 0.1) is 24.6 Å². The molecule has 0 aliphatic carbocycles. The highest BCUT2D eigenvalue weighted by Gasteiger charge is 2.22. The molecule has 194 valence electrons. The molecule has 3 heterocycles. The van der Waals surface area contributed by atoms with Crippen molar-refractivity contribution in [2.24, 2.45) is 0 Å². The minimum absolute atomic E-state index is 0.395. The minimum atomic E-state index is -2.90. The predicted octanol–water partition coefficient (Wildman–Crippen LogP) is 2.52. The van der Waals surface area contributed by atoms with Crippen LogP contribution in [-0.4, -0.2) is 85.6 Å². The van der Waals surface area contributed by atoms with Gasteiger partial charge in [-0.2, -0.15) is 0 Å². The lowest BCUT2D eigenvalue weighted by molar-refractivity contribution is 0.207. The molecule has 1 aliphatic rings. The number of hydrogen-bond donors (Lipinski definition) is 1. The summed E-state index contributed by atoms with van der Waals surface area (Å²) < 4.78 is 36.5. The van der Waals surface area contributed by atoms with E-state index < -0.39 is 14.7 Å². The Kier molecular flexibility index (Phi) is 10.6. The third-order valence-electron chi connectivity index (χ3n) is 5.88. The molecular weight excluding hydrogens is 484 g/mol. The van der Waals surface area contributed by atoms with Gasteiger partial charge >= 0.3 is 0 Å². The highest BCUT2D eigenvalue weighted by Crippen LogP contribution is 2.40. The summed E-state index contributed by atoms with van der Waals surface area (Å²) in [6, 6.07) is 11.3. The Labute approximate surface area is 209 Å². The third kappa shape index (κ3) is 8.57. The van der Waals surface area contributed by atoms with E-state index in [0.29, 0.717) is 37.2 Å². The Bertz CT molecular complexity index is 973. The van der Waals surface area contributed by atoms with Gasteiger partial charge in [-0.3, -0.25) is 18.9 Å². The van der Waals surface area contributed by atoms with E-state index in [0.717, 1.165) is 50.7 Å². The molecule has 1 fully saturated rings. The van der Waals surface area contributed by atoms with Gasteiger partial charge in [-0.1, -0.05) is 12.1 Å². The molecule has 0 saturated carbocycles.